The molecular formula is C18H15F3N6S. The number of nitrogens with two attached hydrogens (primary N) is 1. The molecule has 0 saturated heterocycles. The van der Waals surface area contributed by atoms with Crippen LogP contribution in [-0.4, -0.2) is 24.3 Å². The molecule has 4 aromatic rings. The van der Waals surface area contributed by atoms with E-state index in [1.165, 1.54) is 0 Å². The van der Waals surface area contributed by atoms with Gasteiger partial charge in [0, 0.05) is 17.5 Å². The van der Waals surface area contributed by atoms with Gasteiger partial charge in [-0.15, -0.1) is 10.2 Å². The first-order valence-electron chi connectivity index (χ1n) is 8.28. The molecular weight excluding hydrogens is 389 g/mol. The molecule has 0 fully saturated rings. The number of nitrogen functional groups attached to an aromatic ring is 1. The lowest BCUT2D eigenvalue weighted by molar-refractivity contribution is -0.146. The van der Waals surface area contributed by atoms with Crippen LogP contribution < -0.4 is 5.84 Å². The zero-order valence-corrected chi connectivity index (χ0v) is 15.5. The van der Waals surface area contributed by atoms with Gasteiger partial charge < -0.3 is 10.2 Å². The average Bonchev–Trinajstić information content (AvgIpc) is 3.20. The number of nitrogens with zero attached hydrogens (tertiary/aromatic N) is 5. The van der Waals surface area contributed by atoms with Crippen molar-refractivity contribution in [2.45, 2.75) is 24.0 Å². The summed E-state index contributed by atoms with van der Waals surface area (Å²) in [6, 6.07) is 13.5. The topological polar surface area (TPSA) is 74.0 Å². The van der Waals surface area contributed by atoms with Crippen LogP contribution in [0.4, 0.5) is 13.2 Å². The largest absolute Gasteiger partial charge is 0.453 e. The van der Waals surface area contributed by atoms with Crippen LogP contribution in [0.2, 0.25) is 0 Å². The number of aromatic nitrogens is 5. The molecule has 0 unspecified atom stereocenters. The highest BCUT2D eigenvalue weighted by molar-refractivity contribution is 7.98. The maximum absolute atomic E-state index is 12.9. The number of fused-ring (bicyclic) bond motifs is 1. The van der Waals surface area contributed by atoms with Crippen molar-refractivity contribution in [2.24, 2.45) is 0 Å². The third-order valence-corrected chi connectivity index (χ3v) is 5.12. The molecule has 4 rings (SSSR count). The number of thioether (sulfide) groups is 1. The number of alkyl halides is 3. The Hall–Kier alpha value is -3.01. The molecule has 3 aromatic heterocycles. The van der Waals surface area contributed by atoms with Crippen LogP contribution in [-0.2, 0) is 11.9 Å². The lowest BCUT2D eigenvalue weighted by Gasteiger charge is -2.07. The number of rotatable bonds is 4. The first-order valence-corrected chi connectivity index (χ1v) is 9.26. The summed E-state index contributed by atoms with van der Waals surface area (Å²) in [5.41, 5.74) is 4.32. The number of halogens is 3. The standard InChI is InChI=1S/C18H15F3N6S/c1-11-7-8-14-23-15(12-5-3-2-4-6-12)13(26(14)9-11)10-28-17-25-24-16(27(17)22)18(19,20)21/h2-9H,10,22H2,1H3. The second-order valence-corrected chi connectivity index (χ2v) is 7.11. The van der Waals surface area contributed by atoms with E-state index in [0.29, 0.717) is 10.4 Å². The molecule has 10 heteroatoms. The van der Waals surface area contributed by atoms with Gasteiger partial charge in [0.25, 0.3) is 5.82 Å². The lowest BCUT2D eigenvalue weighted by Crippen LogP contribution is -2.21. The zero-order chi connectivity index (χ0) is 19.9. The molecule has 0 aliphatic heterocycles. The quantitative estimate of drug-likeness (QED) is 0.412. The van der Waals surface area contributed by atoms with E-state index in [1.807, 2.05) is 60.0 Å². The second kappa shape index (κ2) is 6.86. The molecule has 0 amide bonds. The van der Waals surface area contributed by atoms with Gasteiger partial charge in [0.15, 0.2) is 0 Å². The van der Waals surface area contributed by atoms with Crippen molar-refractivity contribution in [3.05, 3.63) is 65.7 Å². The summed E-state index contributed by atoms with van der Waals surface area (Å²) >= 11 is 1.07. The van der Waals surface area contributed by atoms with E-state index >= 15 is 0 Å². The summed E-state index contributed by atoms with van der Waals surface area (Å²) in [4.78, 5) is 4.70. The van der Waals surface area contributed by atoms with Gasteiger partial charge in [0.05, 0.1) is 11.4 Å². The minimum Gasteiger partial charge on any atom is -0.335 e. The zero-order valence-electron chi connectivity index (χ0n) is 14.7. The molecule has 0 bridgehead atoms. The minimum absolute atomic E-state index is 0.0195. The number of aryl methyl sites for hydroxylation is 1. The van der Waals surface area contributed by atoms with E-state index in [4.69, 9.17) is 10.8 Å². The van der Waals surface area contributed by atoms with Crippen LogP contribution in [0.25, 0.3) is 16.9 Å². The fraction of sp³-hybridized carbons (Fsp3) is 0.167. The Morgan fingerprint density at radius 3 is 2.50 bits per heavy atom. The van der Waals surface area contributed by atoms with E-state index in [-0.39, 0.29) is 5.16 Å². The summed E-state index contributed by atoms with van der Waals surface area (Å²) in [7, 11) is 0. The Balaban J connectivity index is 1.74. The van der Waals surface area contributed by atoms with Crippen LogP contribution in [0.3, 0.4) is 0 Å². The highest BCUT2D eigenvalue weighted by Crippen LogP contribution is 2.32. The molecule has 2 N–H and O–H groups in total. The maximum Gasteiger partial charge on any atom is 0.453 e. The Bertz CT molecular complexity index is 1130. The van der Waals surface area contributed by atoms with Gasteiger partial charge in [0.2, 0.25) is 5.16 Å². The number of hydrogen-bond acceptors (Lipinski definition) is 5. The molecule has 1 aromatic carbocycles. The van der Waals surface area contributed by atoms with Crippen molar-refractivity contribution in [3.63, 3.8) is 0 Å². The predicted molar refractivity (Wildman–Crippen MR) is 100 cm³/mol. The highest BCUT2D eigenvalue weighted by atomic mass is 32.2. The second-order valence-electron chi connectivity index (χ2n) is 6.17. The summed E-state index contributed by atoms with van der Waals surface area (Å²) in [6.07, 6.45) is -2.71. The third-order valence-electron chi connectivity index (χ3n) is 4.17. The molecule has 6 nitrogen and oxygen atoms in total. The molecule has 0 atom stereocenters. The van der Waals surface area contributed by atoms with Gasteiger partial charge >= 0.3 is 6.18 Å². The van der Waals surface area contributed by atoms with Crippen LogP contribution in [0, 0.1) is 6.92 Å². The fourth-order valence-corrected chi connectivity index (χ4v) is 3.73. The molecule has 28 heavy (non-hydrogen) atoms. The minimum atomic E-state index is -4.66. The Morgan fingerprint density at radius 2 is 1.82 bits per heavy atom. The van der Waals surface area contributed by atoms with Gasteiger partial charge in [0.1, 0.15) is 5.65 Å². The predicted octanol–water partition coefficient (Wildman–Crippen LogP) is 3.93. The Kier molecular flexibility index (Phi) is 4.50. The van der Waals surface area contributed by atoms with Gasteiger partial charge in [-0.05, 0) is 18.6 Å². The Morgan fingerprint density at radius 1 is 1.07 bits per heavy atom. The number of imidazole rings is 1. The number of pyridine rings is 1. The number of hydrogen-bond donors (Lipinski definition) is 1. The summed E-state index contributed by atoms with van der Waals surface area (Å²) in [5.74, 6) is 4.64. The smallest absolute Gasteiger partial charge is 0.335 e. The van der Waals surface area contributed by atoms with Gasteiger partial charge in [-0.3, -0.25) is 0 Å². The van der Waals surface area contributed by atoms with Gasteiger partial charge in [-0.25, -0.2) is 9.66 Å². The van der Waals surface area contributed by atoms with Crippen molar-refractivity contribution in [1.29, 1.82) is 0 Å². The molecule has 3 heterocycles. The van der Waals surface area contributed by atoms with E-state index < -0.39 is 12.0 Å². The van der Waals surface area contributed by atoms with Crippen molar-refractivity contribution < 1.29 is 13.2 Å². The molecule has 144 valence electrons. The van der Waals surface area contributed by atoms with Gasteiger partial charge in [-0.1, -0.05) is 48.2 Å². The summed E-state index contributed by atoms with van der Waals surface area (Å²) < 4.78 is 41.1. The molecule has 0 radical (unpaired) electrons. The monoisotopic (exact) mass is 404 g/mol. The molecule has 0 aliphatic rings. The highest BCUT2D eigenvalue weighted by Gasteiger charge is 2.38. The van der Waals surface area contributed by atoms with Crippen LogP contribution in [0.5, 0.6) is 0 Å². The Labute approximate surface area is 162 Å². The van der Waals surface area contributed by atoms with E-state index in [0.717, 1.165) is 39.9 Å². The van der Waals surface area contributed by atoms with E-state index in [9.17, 15) is 13.2 Å². The van der Waals surface area contributed by atoms with Gasteiger partial charge in [-0.2, -0.15) is 13.2 Å². The van der Waals surface area contributed by atoms with E-state index in [1.54, 1.807) is 0 Å². The van der Waals surface area contributed by atoms with Crippen LogP contribution >= 0.6 is 11.8 Å². The molecule has 0 aliphatic carbocycles. The van der Waals surface area contributed by atoms with Crippen molar-refractivity contribution in [3.8, 4) is 11.3 Å². The summed E-state index contributed by atoms with van der Waals surface area (Å²) in [5, 5.41) is 6.73. The van der Waals surface area contributed by atoms with Crippen molar-refractivity contribution >= 4 is 17.4 Å². The van der Waals surface area contributed by atoms with Crippen LogP contribution in [0.15, 0.2) is 53.8 Å². The van der Waals surface area contributed by atoms with Crippen molar-refractivity contribution in [2.75, 3.05) is 5.84 Å². The maximum atomic E-state index is 12.9. The normalized spacial score (nSPS) is 12.0. The SMILES string of the molecule is Cc1ccc2nc(-c3ccccc3)c(CSc3nnc(C(F)(F)F)n3N)n2c1. The third kappa shape index (κ3) is 3.31. The molecule has 0 saturated carbocycles. The average molecular weight is 404 g/mol. The first-order chi connectivity index (χ1) is 13.3. The number of benzene rings is 1. The van der Waals surface area contributed by atoms with E-state index in [2.05, 4.69) is 10.2 Å². The first kappa shape index (κ1) is 18.4. The van der Waals surface area contributed by atoms with Crippen molar-refractivity contribution in [1.82, 2.24) is 24.3 Å². The summed E-state index contributed by atoms with van der Waals surface area (Å²) in [6.45, 7) is 1.96. The fourth-order valence-electron chi connectivity index (χ4n) is 2.87. The lowest BCUT2D eigenvalue weighted by atomic mass is 10.1. The molecule has 0 spiro atoms. The van der Waals surface area contributed by atoms with Crippen LogP contribution in [0.1, 0.15) is 17.1 Å².